The van der Waals surface area contributed by atoms with E-state index in [4.69, 9.17) is 5.11 Å². The van der Waals surface area contributed by atoms with E-state index < -0.39 is 11.9 Å². The van der Waals surface area contributed by atoms with E-state index in [2.05, 4.69) is 4.98 Å². The first-order chi connectivity index (χ1) is 10.0. The molecule has 21 heavy (non-hydrogen) atoms. The third-order valence-corrected chi connectivity index (χ3v) is 4.69. The summed E-state index contributed by atoms with van der Waals surface area (Å²) in [4.78, 5) is 31.5. The second-order valence-corrected chi connectivity index (χ2v) is 6.67. The molecular formula is C14H17N3O3S. The molecule has 0 saturated carbocycles. The normalized spacial score (nSPS) is 19.1. The Morgan fingerprint density at radius 3 is 3.00 bits per heavy atom. The molecule has 0 aromatic carbocycles. The predicted octanol–water partition coefficient (Wildman–Crippen LogP) is 1.57. The maximum Gasteiger partial charge on any atom is 0.308 e. The van der Waals surface area contributed by atoms with Gasteiger partial charge >= 0.3 is 5.97 Å². The van der Waals surface area contributed by atoms with Crippen molar-refractivity contribution in [2.24, 2.45) is 5.92 Å². The number of carboxylic acid groups (broad SMARTS) is 1. The van der Waals surface area contributed by atoms with Crippen LogP contribution in [0, 0.1) is 12.8 Å². The highest BCUT2D eigenvalue weighted by atomic mass is 32.1. The first-order valence-electron chi connectivity index (χ1n) is 6.97. The molecule has 0 bridgehead atoms. The van der Waals surface area contributed by atoms with Crippen molar-refractivity contribution in [3.05, 3.63) is 23.0 Å². The number of imidazole rings is 1. The van der Waals surface area contributed by atoms with Gasteiger partial charge in [0.05, 0.1) is 18.0 Å². The van der Waals surface area contributed by atoms with Gasteiger partial charge in [0.15, 0.2) is 4.96 Å². The zero-order chi connectivity index (χ0) is 15.0. The highest BCUT2D eigenvalue weighted by Crippen LogP contribution is 2.19. The van der Waals surface area contributed by atoms with E-state index in [1.807, 2.05) is 23.7 Å². The monoisotopic (exact) mass is 307 g/mol. The lowest BCUT2D eigenvalue weighted by molar-refractivity contribution is -0.145. The number of hydrogen-bond donors (Lipinski definition) is 1. The van der Waals surface area contributed by atoms with Crippen LogP contribution >= 0.6 is 11.3 Å². The number of amides is 1. The number of likely N-dealkylation sites (tertiary alicyclic amines) is 1. The van der Waals surface area contributed by atoms with E-state index in [-0.39, 0.29) is 12.3 Å². The number of carbonyl (C=O) groups is 2. The fraction of sp³-hybridized carbons (Fsp3) is 0.500. The molecule has 1 N–H and O–H groups in total. The Balaban J connectivity index is 1.67. The molecular weight excluding hydrogens is 290 g/mol. The molecule has 2 aromatic rings. The molecule has 1 atom stereocenters. The Morgan fingerprint density at radius 1 is 1.48 bits per heavy atom. The van der Waals surface area contributed by atoms with Gasteiger partial charge in [0, 0.05) is 30.4 Å². The molecule has 0 radical (unpaired) electrons. The molecule has 1 unspecified atom stereocenters. The van der Waals surface area contributed by atoms with Crippen molar-refractivity contribution < 1.29 is 14.7 Å². The molecule has 3 heterocycles. The average Bonchev–Trinajstić information content (AvgIpc) is 2.95. The summed E-state index contributed by atoms with van der Waals surface area (Å²) >= 11 is 1.59. The average molecular weight is 307 g/mol. The fourth-order valence-corrected chi connectivity index (χ4v) is 3.54. The number of aromatic nitrogens is 2. The molecule has 2 aromatic heterocycles. The molecule has 1 amide bonds. The molecule has 1 aliphatic heterocycles. The van der Waals surface area contributed by atoms with Gasteiger partial charge in [-0.15, -0.1) is 11.3 Å². The van der Waals surface area contributed by atoms with Gasteiger partial charge in [0.2, 0.25) is 5.91 Å². The second kappa shape index (κ2) is 5.48. The van der Waals surface area contributed by atoms with Crippen LogP contribution in [0.4, 0.5) is 0 Å². The van der Waals surface area contributed by atoms with Crippen molar-refractivity contribution in [2.75, 3.05) is 13.1 Å². The summed E-state index contributed by atoms with van der Waals surface area (Å²) in [6.45, 7) is 2.98. The number of carbonyl (C=O) groups excluding carboxylic acids is 1. The fourth-order valence-electron chi connectivity index (χ4n) is 2.72. The second-order valence-electron chi connectivity index (χ2n) is 5.46. The maximum atomic E-state index is 12.3. The summed E-state index contributed by atoms with van der Waals surface area (Å²) < 4.78 is 1.93. The number of aryl methyl sites for hydroxylation is 1. The zero-order valence-electron chi connectivity index (χ0n) is 11.8. The van der Waals surface area contributed by atoms with Crippen LogP contribution in [-0.2, 0) is 16.0 Å². The summed E-state index contributed by atoms with van der Waals surface area (Å²) in [6.07, 6.45) is 5.50. The smallest absolute Gasteiger partial charge is 0.308 e. The summed E-state index contributed by atoms with van der Waals surface area (Å²) in [5.74, 6) is -1.29. The van der Waals surface area contributed by atoms with E-state index >= 15 is 0 Å². The first-order valence-corrected chi connectivity index (χ1v) is 7.79. The van der Waals surface area contributed by atoms with Crippen LogP contribution < -0.4 is 0 Å². The van der Waals surface area contributed by atoms with Crippen molar-refractivity contribution in [3.8, 4) is 0 Å². The number of nitrogens with zero attached hydrogens (tertiary/aromatic N) is 3. The van der Waals surface area contributed by atoms with Gasteiger partial charge in [-0.3, -0.25) is 14.0 Å². The van der Waals surface area contributed by atoms with E-state index in [0.717, 1.165) is 17.1 Å². The topological polar surface area (TPSA) is 74.9 Å². The van der Waals surface area contributed by atoms with Crippen LogP contribution in [0.2, 0.25) is 0 Å². The molecule has 1 saturated heterocycles. The minimum Gasteiger partial charge on any atom is -0.481 e. The number of aliphatic carboxylic acids is 1. The van der Waals surface area contributed by atoms with Gasteiger partial charge < -0.3 is 10.0 Å². The Morgan fingerprint density at radius 2 is 2.29 bits per heavy atom. The summed E-state index contributed by atoms with van der Waals surface area (Å²) in [6, 6.07) is 0. The highest BCUT2D eigenvalue weighted by molar-refractivity contribution is 7.16. The lowest BCUT2D eigenvalue weighted by atomic mass is 9.98. The van der Waals surface area contributed by atoms with E-state index in [1.165, 1.54) is 4.88 Å². The number of hydrogen-bond acceptors (Lipinski definition) is 4. The third kappa shape index (κ3) is 2.92. The van der Waals surface area contributed by atoms with Gasteiger partial charge in [-0.1, -0.05) is 0 Å². The number of carboxylic acids is 1. The van der Waals surface area contributed by atoms with E-state index in [0.29, 0.717) is 19.5 Å². The molecule has 112 valence electrons. The van der Waals surface area contributed by atoms with E-state index in [1.54, 1.807) is 16.2 Å². The maximum absolute atomic E-state index is 12.3. The SMILES string of the molecule is Cc1cn2cc(CC(=O)N3CCCC(C(=O)O)C3)nc2s1. The lowest BCUT2D eigenvalue weighted by Gasteiger charge is -2.30. The first kappa shape index (κ1) is 14.1. The molecule has 0 spiro atoms. The van der Waals surface area contributed by atoms with Crippen molar-refractivity contribution in [1.29, 1.82) is 0 Å². The molecule has 1 aliphatic rings. The van der Waals surface area contributed by atoms with Crippen molar-refractivity contribution in [1.82, 2.24) is 14.3 Å². The van der Waals surface area contributed by atoms with Gasteiger partial charge in [0.25, 0.3) is 0 Å². The van der Waals surface area contributed by atoms with Gasteiger partial charge in [-0.25, -0.2) is 4.98 Å². The van der Waals surface area contributed by atoms with Crippen molar-refractivity contribution in [3.63, 3.8) is 0 Å². The molecule has 0 aliphatic carbocycles. The number of thiazole rings is 1. The predicted molar refractivity (Wildman–Crippen MR) is 78.4 cm³/mol. The standard InChI is InChI=1S/C14H17N3O3S/c1-9-6-17-8-11(15-14(17)21-9)5-12(18)16-4-2-3-10(7-16)13(19)20/h6,8,10H,2-5,7H2,1H3,(H,19,20). The van der Waals surface area contributed by atoms with Crippen LogP contribution in [0.15, 0.2) is 12.4 Å². The van der Waals surface area contributed by atoms with Crippen LogP contribution in [-0.4, -0.2) is 44.4 Å². The largest absolute Gasteiger partial charge is 0.481 e. The number of fused-ring (bicyclic) bond motifs is 1. The molecule has 1 fully saturated rings. The third-order valence-electron chi connectivity index (χ3n) is 3.78. The number of piperidine rings is 1. The minimum atomic E-state index is -0.814. The summed E-state index contributed by atoms with van der Waals surface area (Å²) in [5.41, 5.74) is 0.740. The van der Waals surface area contributed by atoms with Crippen LogP contribution in [0.5, 0.6) is 0 Å². The summed E-state index contributed by atoms with van der Waals surface area (Å²) in [7, 11) is 0. The van der Waals surface area contributed by atoms with Crippen molar-refractivity contribution in [2.45, 2.75) is 26.2 Å². The van der Waals surface area contributed by atoms with Crippen LogP contribution in [0.1, 0.15) is 23.4 Å². The Labute approximate surface area is 126 Å². The van der Waals surface area contributed by atoms with E-state index in [9.17, 15) is 9.59 Å². The van der Waals surface area contributed by atoms with Gasteiger partial charge in [0.1, 0.15) is 0 Å². The molecule has 7 heteroatoms. The van der Waals surface area contributed by atoms with Crippen molar-refractivity contribution >= 4 is 28.2 Å². The minimum absolute atomic E-state index is 0.0385. The van der Waals surface area contributed by atoms with Gasteiger partial charge in [-0.2, -0.15) is 0 Å². The Hall–Kier alpha value is -1.89. The van der Waals surface area contributed by atoms with Gasteiger partial charge in [-0.05, 0) is 19.8 Å². The van der Waals surface area contributed by atoms with Crippen LogP contribution in [0.3, 0.4) is 0 Å². The summed E-state index contributed by atoms with van der Waals surface area (Å²) in [5, 5.41) is 9.07. The Bertz CT molecular complexity index is 659. The molecule has 6 nitrogen and oxygen atoms in total. The number of rotatable bonds is 3. The zero-order valence-corrected chi connectivity index (χ0v) is 12.6. The quantitative estimate of drug-likeness (QED) is 0.934. The lowest BCUT2D eigenvalue weighted by Crippen LogP contribution is -2.43. The molecule has 3 rings (SSSR count). The Kier molecular flexibility index (Phi) is 3.67. The van der Waals surface area contributed by atoms with Crippen LogP contribution in [0.25, 0.3) is 4.96 Å². The highest BCUT2D eigenvalue weighted by Gasteiger charge is 2.28.